The fourth-order valence-corrected chi connectivity index (χ4v) is 6.77. The molecular formula is C34H25N5Na2O8S2. The minimum absolute atomic E-state index is 0. The van der Waals surface area contributed by atoms with E-state index in [0.717, 1.165) is 28.8 Å². The number of ketones is 2. The Labute approximate surface area is 337 Å². The summed E-state index contributed by atoms with van der Waals surface area (Å²) in [7, 11) is -9.93. The van der Waals surface area contributed by atoms with Gasteiger partial charge in [0.05, 0.1) is 21.2 Å². The molecule has 2 aliphatic carbocycles. The standard InChI is InChI=1S/C34H27N5O8S2.2Na/c1-18-13-20(7-11-27(18)36-38-29-17-30(48(42,43)44)25-5-3-4-6-26(25)33(29)40)21-8-12-28(19(2)14-21)37-39-32-31(49(45,46)47)16-22-15-23(35)9-10-24(22)34(32)41;;/h3-17,36-37H,35H2,1-2H3,(H,42,43,44)(H,45,46,47);;/q;2*+1/p-2/b38-29-,39-32+;;. The quantitative estimate of drug-likeness (QED) is 0.0871. The van der Waals surface area contributed by atoms with Crippen LogP contribution in [0.5, 0.6) is 0 Å². The van der Waals surface area contributed by atoms with E-state index in [2.05, 4.69) is 21.1 Å². The molecule has 0 radical (unpaired) electrons. The van der Waals surface area contributed by atoms with Gasteiger partial charge in [0.25, 0.3) is 0 Å². The van der Waals surface area contributed by atoms with Gasteiger partial charge in [0.15, 0.2) is 0 Å². The Morgan fingerprint density at radius 2 is 1.18 bits per heavy atom. The minimum Gasteiger partial charge on any atom is -0.744 e. The van der Waals surface area contributed by atoms with Crippen molar-refractivity contribution in [1.29, 1.82) is 0 Å². The van der Waals surface area contributed by atoms with Crippen molar-refractivity contribution in [2.24, 2.45) is 10.2 Å². The largest absolute Gasteiger partial charge is 1.00 e. The van der Waals surface area contributed by atoms with Crippen LogP contribution < -0.4 is 75.7 Å². The molecule has 2 aliphatic rings. The summed E-state index contributed by atoms with van der Waals surface area (Å²) in [6, 6.07) is 20.9. The zero-order valence-electron chi connectivity index (χ0n) is 27.7. The summed E-state index contributed by atoms with van der Waals surface area (Å²) in [6.45, 7) is 3.57. The van der Waals surface area contributed by atoms with Crippen LogP contribution in [-0.2, 0) is 20.2 Å². The Bertz CT molecular complexity index is 2480. The van der Waals surface area contributed by atoms with E-state index in [1.54, 1.807) is 44.2 Å². The van der Waals surface area contributed by atoms with Gasteiger partial charge in [-0.15, -0.1) is 0 Å². The minimum atomic E-state index is -5.05. The predicted molar refractivity (Wildman–Crippen MR) is 185 cm³/mol. The molecule has 248 valence electrons. The maximum absolute atomic E-state index is 13.1. The van der Waals surface area contributed by atoms with Crippen LogP contribution in [0.15, 0.2) is 100 Å². The van der Waals surface area contributed by atoms with Crippen LogP contribution in [0, 0.1) is 13.8 Å². The van der Waals surface area contributed by atoms with Crippen molar-refractivity contribution in [1.82, 2.24) is 0 Å². The number of nitrogens with one attached hydrogen (secondary N) is 2. The molecule has 0 aromatic heterocycles. The molecule has 0 unspecified atom stereocenters. The number of carbonyl (C=O) groups is 2. The Kier molecular flexibility index (Phi) is 12.1. The van der Waals surface area contributed by atoms with Gasteiger partial charge < -0.3 is 14.8 Å². The molecule has 17 heteroatoms. The van der Waals surface area contributed by atoms with E-state index in [-0.39, 0.29) is 87.1 Å². The van der Waals surface area contributed by atoms with Gasteiger partial charge in [-0.05, 0) is 96.3 Å². The van der Waals surface area contributed by atoms with Crippen LogP contribution in [0.1, 0.15) is 43.0 Å². The van der Waals surface area contributed by atoms with Crippen LogP contribution in [0.2, 0.25) is 0 Å². The second-order valence-corrected chi connectivity index (χ2v) is 13.9. The number of hydrogen-bond acceptors (Lipinski definition) is 13. The molecule has 0 fully saturated rings. The summed E-state index contributed by atoms with van der Waals surface area (Å²) in [5.41, 5.74) is 15.2. The molecule has 51 heavy (non-hydrogen) atoms. The number of anilines is 3. The Hall–Kier alpha value is -3.74. The first-order chi connectivity index (χ1) is 23.1. The molecular weight excluding hydrogens is 717 g/mol. The van der Waals surface area contributed by atoms with Crippen molar-refractivity contribution in [3.8, 4) is 11.1 Å². The number of hydrogen-bond donors (Lipinski definition) is 3. The number of carbonyl (C=O) groups excluding carboxylic acids is 2. The van der Waals surface area contributed by atoms with Gasteiger partial charge in [-0.2, -0.15) is 10.2 Å². The zero-order chi connectivity index (χ0) is 35.2. The normalized spacial score (nSPS) is 15.5. The van der Waals surface area contributed by atoms with Crippen molar-refractivity contribution in [3.63, 3.8) is 0 Å². The van der Waals surface area contributed by atoms with E-state index in [4.69, 9.17) is 5.73 Å². The van der Waals surface area contributed by atoms with Crippen LogP contribution in [-0.4, -0.2) is 48.9 Å². The summed E-state index contributed by atoms with van der Waals surface area (Å²) >= 11 is 0. The fourth-order valence-electron chi connectivity index (χ4n) is 5.42. The van der Waals surface area contributed by atoms with Gasteiger partial charge in [-0.3, -0.25) is 20.4 Å². The summed E-state index contributed by atoms with van der Waals surface area (Å²) in [5.74, 6) is -1.28. The third kappa shape index (κ3) is 8.34. The monoisotopic (exact) mass is 741 g/mol. The average Bonchev–Trinajstić information content (AvgIpc) is 3.04. The van der Waals surface area contributed by atoms with Crippen molar-refractivity contribution < 1.29 is 94.6 Å². The topological polar surface area (TPSA) is 223 Å². The molecule has 0 saturated carbocycles. The molecule has 6 rings (SSSR count). The number of benzene rings is 4. The molecule has 4 N–H and O–H groups in total. The molecule has 0 atom stereocenters. The molecule has 0 spiro atoms. The first-order valence-corrected chi connectivity index (χ1v) is 17.3. The number of hydrazone groups is 2. The van der Waals surface area contributed by atoms with Gasteiger partial charge in [-0.1, -0.05) is 36.4 Å². The van der Waals surface area contributed by atoms with Crippen LogP contribution in [0.3, 0.4) is 0 Å². The molecule has 4 aromatic carbocycles. The number of aryl methyl sites for hydroxylation is 2. The van der Waals surface area contributed by atoms with Crippen molar-refractivity contribution >= 4 is 71.3 Å². The molecule has 4 aromatic rings. The summed E-state index contributed by atoms with van der Waals surface area (Å²) < 4.78 is 71.7. The first-order valence-electron chi connectivity index (χ1n) is 14.4. The molecule has 0 aliphatic heterocycles. The number of rotatable bonds is 7. The van der Waals surface area contributed by atoms with Gasteiger partial charge >= 0.3 is 59.1 Å². The second kappa shape index (κ2) is 15.5. The molecule has 0 heterocycles. The summed E-state index contributed by atoms with van der Waals surface area (Å²) in [5, 5.41) is 8.14. The maximum atomic E-state index is 13.1. The van der Waals surface area contributed by atoms with E-state index < -0.39 is 47.3 Å². The van der Waals surface area contributed by atoms with Gasteiger partial charge in [0.2, 0.25) is 11.6 Å². The zero-order valence-corrected chi connectivity index (χ0v) is 33.3. The number of Topliss-reactive ketones (excluding diaryl/α,β-unsaturated/α-hetero) is 2. The number of nitrogens with zero attached hydrogens (tertiary/aromatic N) is 2. The van der Waals surface area contributed by atoms with E-state index in [1.807, 2.05) is 12.1 Å². The van der Waals surface area contributed by atoms with Crippen LogP contribution >= 0.6 is 0 Å². The van der Waals surface area contributed by atoms with Gasteiger partial charge in [-0.25, -0.2) is 16.8 Å². The predicted octanol–water partition coefficient (Wildman–Crippen LogP) is -1.34. The fraction of sp³-hybridized carbons (Fsp3) is 0.0588. The Morgan fingerprint density at radius 1 is 0.627 bits per heavy atom. The van der Waals surface area contributed by atoms with Gasteiger partial charge in [0.1, 0.15) is 31.7 Å². The Morgan fingerprint density at radius 3 is 1.73 bits per heavy atom. The molecule has 13 nitrogen and oxygen atoms in total. The number of nitrogens with two attached hydrogens (primary N) is 1. The van der Waals surface area contributed by atoms with Crippen LogP contribution in [0.4, 0.5) is 17.1 Å². The summed E-state index contributed by atoms with van der Waals surface area (Å²) in [6.07, 6.45) is 2.04. The molecule has 0 bridgehead atoms. The van der Waals surface area contributed by atoms with Crippen molar-refractivity contribution in [2.75, 3.05) is 16.6 Å². The third-order valence-electron chi connectivity index (χ3n) is 7.90. The smallest absolute Gasteiger partial charge is 0.744 e. The van der Waals surface area contributed by atoms with E-state index in [0.29, 0.717) is 22.6 Å². The van der Waals surface area contributed by atoms with Gasteiger partial charge in [0, 0.05) is 22.4 Å². The summed E-state index contributed by atoms with van der Waals surface area (Å²) in [4.78, 5) is 24.8. The average molecular weight is 742 g/mol. The number of nitrogen functional groups attached to an aromatic ring is 1. The first kappa shape index (κ1) is 40.0. The molecule has 0 amide bonds. The van der Waals surface area contributed by atoms with Crippen molar-refractivity contribution in [3.05, 3.63) is 123 Å². The number of fused-ring (bicyclic) bond motifs is 2. The number of allylic oxidation sites excluding steroid dienone is 2. The van der Waals surface area contributed by atoms with Crippen LogP contribution in [0.25, 0.3) is 22.1 Å². The molecule has 0 saturated heterocycles. The Balaban J connectivity index is 0.00000292. The van der Waals surface area contributed by atoms with E-state index in [9.17, 15) is 35.5 Å². The third-order valence-corrected chi connectivity index (χ3v) is 9.63. The maximum Gasteiger partial charge on any atom is 1.00 e. The van der Waals surface area contributed by atoms with E-state index in [1.165, 1.54) is 36.4 Å². The SMILES string of the molecule is Cc1cc(-c2ccc(N/N=C3/C(=O)c4ccc(N)cc4C=C3S(=O)(=O)[O-])c(C)c2)ccc1N/N=C1/C=C(S(=O)(=O)[O-])c2ccccc2C1=O.[Na+].[Na+]. The van der Waals surface area contributed by atoms with Crippen molar-refractivity contribution in [2.45, 2.75) is 13.8 Å². The van der Waals surface area contributed by atoms with E-state index >= 15 is 0 Å². The second-order valence-electron chi connectivity index (χ2n) is 11.2.